The zero-order valence-corrected chi connectivity index (χ0v) is 13.5. The Balaban J connectivity index is 2.80. The van der Waals surface area contributed by atoms with Crippen LogP contribution in [0, 0.1) is 0 Å². The molecule has 0 saturated carbocycles. The van der Waals surface area contributed by atoms with E-state index in [1.54, 1.807) is 7.11 Å². The third-order valence-corrected chi connectivity index (χ3v) is 4.20. The van der Waals surface area contributed by atoms with Gasteiger partial charge in [-0.25, -0.2) is 0 Å². The SMILES string of the molecule is CCCC(CN)(CCC)N(C)Cc1ccc(OC)cc1. The molecule has 3 heteroatoms. The molecule has 0 amide bonds. The maximum absolute atomic E-state index is 6.12. The minimum absolute atomic E-state index is 0.128. The summed E-state index contributed by atoms with van der Waals surface area (Å²) in [4.78, 5) is 2.43. The number of benzene rings is 1. The maximum atomic E-state index is 6.12. The number of rotatable bonds is 9. The molecule has 0 aliphatic carbocycles. The van der Waals surface area contributed by atoms with Gasteiger partial charge in [0.15, 0.2) is 0 Å². The molecule has 0 unspecified atom stereocenters. The summed E-state index contributed by atoms with van der Waals surface area (Å²) in [5.74, 6) is 0.906. The maximum Gasteiger partial charge on any atom is 0.118 e. The van der Waals surface area contributed by atoms with Crippen molar-refractivity contribution >= 4 is 0 Å². The van der Waals surface area contributed by atoms with E-state index in [1.165, 1.54) is 18.4 Å². The van der Waals surface area contributed by atoms with Crippen LogP contribution >= 0.6 is 0 Å². The van der Waals surface area contributed by atoms with Gasteiger partial charge in [0.25, 0.3) is 0 Å². The highest BCUT2D eigenvalue weighted by Crippen LogP contribution is 2.27. The molecule has 0 saturated heterocycles. The Bertz CT molecular complexity index is 369. The Morgan fingerprint density at radius 2 is 1.65 bits per heavy atom. The fraction of sp³-hybridized carbons (Fsp3) is 0.647. The highest BCUT2D eigenvalue weighted by Gasteiger charge is 2.31. The standard InChI is InChI=1S/C17H30N2O/c1-5-11-17(14-18,12-6-2)19(3)13-15-7-9-16(20-4)10-8-15/h7-10H,5-6,11-14,18H2,1-4H3. The van der Waals surface area contributed by atoms with E-state index in [-0.39, 0.29) is 5.54 Å². The molecule has 0 aliphatic rings. The van der Waals surface area contributed by atoms with E-state index in [9.17, 15) is 0 Å². The van der Waals surface area contributed by atoms with Crippen LogP contribution in [0.5, 0.6) is 5.75 Å². The van der Waals surface area contributed by atoms with Gasteiger partial charge in [0.2, 0.25) is 0 Å². The number of hydrogen-bond acceptors (Lipinski definition) is 3. The molecular formula is C17H30N2O. The molecule has 0 atom stereocenters. The van der Waals surface area contributed by atoms with E-state index in [2.05, 4.69) is 37.9 Å². The average molecular weight is 278 g/mol. The predicted octanol–water partition coefficient (Wildman–Crippen LogP) is 3.42. The van der Waals surface area contributed by atoms with Crippen molar-refractivity contribution in [2.45, 2.75) is 51.6 Å². The second-order valence-corrected chi connectivity index (χ2v) is 5.63. The molecule has 114 valence electrons. The average Bonchev–Trinajstić information content (AvgIpc) is 2.47. The van der Waals surface area contributed by atoms with Crippen LogP contribution in [0.25, 0.3) is 0 Å². The van der Waals surface area contributed by atoms with Crippen LogP contribution in [0.3, 0.4) is 0 Å². The van der Waals surface area contributed by atoms with Crippen molar-refractivity contribution < 1.29 is 4.74 Å². The van der Waals surface area contributed by atoms with Gasteiger partial charge >= 0.3 is 0 Å². The lowest BCUT2D eigenvalue weighted by atomic mass is 9.86. The smallest absolute Gasteiger partial charge is 0.118 e. The second kappa shape index (κ2) is 8.28. The third-order valence-electron chi connectivity index (χ3n) is 4.20. The molecule has 0 fully saturated rings. The van der Waals surface area contributed by atoms with E-state index >= 15 is 0 Å². The Morgan fingerprint density at radius 3 is 2.05 bits per heavy atom. The van der Waals surface area contributed by atoms with Crippen LogP contribution in [0.15, 0.2) is 24.3 Å². The van der Waals surface area contributed by atoms with Crippen LogP contribution in [0.2, 0.25) is 0 Å². The van der Waals surface area contributed by atoms with E-state index in [0.717, 1.165) is 31.7 Å². The van der Waals surface area contributed by atoms with Crippen molar-refractivity contribution in [1.29, 1.82) is 0 Å². The molecule has 0 spiro atoms. The van der Waals surface area contributed by atoms with E-state index in [4.69, 9.17) is 10.5 Å². The molecule has 0 radical (unpaired) electrons. The summed E-state index contributed by atoms with van der Waals surface area (Å²) in [7, 11) is 3.89. The van der Waals surface area contributed by atoms with Gasteiger partial charge in [0.1, 0.15) is 5.75 Å². The van der Waals surface area contributed by atoms with Gasteiger partial charge in [-0.05, 0) is 37.6 Å². The Hall–Kier alpha value is -1.06. The van der Waals surface area contributed by atoms with Gasteiger partial charge in [0.05, 0.1) is 7.11 Å². The lowest BCUT2D eigenvalue weighted by Gasteiger charge is -2.41. The summed E-state index contributed by atoms with van der Waals surface area (Å²) in [6.07, 6.45) is 4.66. The zero-order chi connectivity index (χ0) is 15.0. The van der Waals surface area contributed by atoms with Gasteiger partial charge in [-0.1, -0.05) is 38.8 Å². The van der Waals surface area contributed by atoms with E-state index < -0.39 is 0 Å². The first-order valence-corrected chi connectivity index (χ1v) is 7.66. The topological polar surface area (TPSA) is 38.5 Å². The first-order valence-electron chi connectivity index (χ1n) is 7.66. The van der Waals surface area contributed by atoms with Gasteiger partial charge in [-0.15, -0.1) is 0 Å². The van der Waals surface area contributed by atoms with Crippen molar-refractivity contribution in [2.75, 3.05) is 20.7 Å². The summed E-state index contributed by atoms with van der Waals surface area (Å²) in [6, 6.07) is 8.31. The quantitative estimate of drug-likeness (QED) is 0.752. The number of likely N-dealkylation sites (N-methyl/N-ethyl adjacent to an activating group) is 1. The Morgan fingerprint density at radius 1 is 1.10 bits per heavy atom. The zero-order valence-electron chi connectivity index (χ0n) is 13.5. The molecule has 1 aromatic rings. The van der Waals surface area contributed by atoms with Crippen molar-refractivity contribution in [3.63, 3.8) is 0 Å². The molecule has 0 heterocycles. The fourth-order valence-corrected chi connectivity index (χ4v) is 2.97. The lowest BCUT2D eigenvalue weighted by Crippen LogP contribution is -2.51. The first-order chi connectivity index (χ1) is 9.61. The summed E-state index contributed by atoms with van der Waals surface area (Å²) < 4.78 is 5.21. The number of methoxy groups -OCH3 is 1. The molecule has 0 bridgehead atoms. The highest BCUT2D eigenvalue weighted by atomic mass is 16.5. The molecular weight excluding hydrogens is 248 g/mol. The highest BCUT2D eigenvalue weighted by molar-refractivity contribution is 5.27. The van der Waals surface area contributed by atoms with Crippen LogP contribution in [-0.2, 0) is 6.54 Å². The van der Waals surface area contributed by atoms with Crippen molar-refractivity contribution in [3.8, 4) is 5.75 Å². The molecule has 20 heavy (non-hydrogen) atoms. The third kappa shape index (κ3) is 4.22. The van der Waals surface area contributed by atoms with E-state index in [0.29, 0.717) is 0 Å². The lowest BCUT2D eigenvalue weighted by molar-refractivity contribution is 0.0955. The van der Waals surface area contributed by atoms with Crippen LogP contribution in [0.4, 0.5) is 0 Å². The largest absolute Gasteiger partial charge is 0.497 e. The summed E-state index contributed by atoms with van der Waals surface area (Å²) >= 11 is 0. The number of ether oxygens (including phenoxy) is 1. The molecule has 1 rings (SSSR count). The predicted molar refractivity (Wildman–Crippen MR) is 86.1 cm³/mol. The minimum Gasteiger partial charge on any atom is -0.497 e. The molecule has 1 aromatic carbocycles. The minimum atomic E-state index is 0.128. The number of nitrogens with two attached hydrogens (primary N) is 1. The molecule has 0 aromatic heterocycles. The van der Waals surface area contributed by atoms with Gasteiger partial charge in [-0.3, -0.25) is 4.90 Å². The van der Waals surface area contributed by atoms with Gasteiger partial charge in [0, 0.05) is 18.6 Å². The van der Waals surface area contributed by atoms with Crippen molar-refractivity contribution in [1.82, 2.24) is 4.90 Å². The van der Waals surface area contributed by atoms with Crippen LogP contribution < -0.4 is 10.5 Å². The summed E-state index contributed by atoms with van der Waals surface area (Å²) in [5, 5.41) is 0. The Kier molecular flexibility index (Phi) is 7.03. The molecule has 0 aliphatic heterocycles. The first kappa shape index (κ1) is 17.0. The monoisotopic (exact) mass is 278 g/mol. The van der Waals surface area contributed by atoms with E-state index in [1.807, 2.05) is 12.1 Å². The number of hydrogen-bond donors (Lipinski definition) is 1. The van der Waals surface area contributed by atoms with Crippen molar-refractivity contribution in [2.24, 2.45) is 5.73 Å². The van der Waals surface area contributed by atoms with Crippen LogP contribution in [-0.4, -0.2) is 31.1 Å². The fourth-order valence-electron chi connectivity index (χ4n) is 2.97. The summed E-state index contributed by atoms with van der Waals surface area (Å²) in [5.41, 5.74) is 7.55. The van der Waals surface area contributed by atoms with Crippen molar-refractivity contribution in [3.05, 3.63) is 29.8 Å². The molecule has 2 N–H and O–H groups in total. The second-order valence-electron chi connectivity index (χ2n) is 5.63. The Labute approximate surface area is 124 Å². The van der Waals surface area contributed by atoms with Crippen LogP contribution in [0.1, 0.15) is 45.1 Å². The van der Waals surface area contributed by atoms with Gasteiger partial charge in [-0.2, -0.15) is 0 Å². The number of nitrogens with zero attached hydrogens (tertiary/aromatic N) is 1. The summed E-state index contributed by atoms with van der Waals surface area (Å²) in [6.45, 7) is 6.13. The van der Waals surface area contributed by atoms with Gasteiger partial charge < -0.3 is 10.5 Å². The molecule has 3 nitrogen and oxygen atoms in total. The normalized spacial score (nSPS) is 11.9.